The van der Waals surface area contributed by atoms with Crippen molar-refractivity contribution in [2.24, 2.45) is 0 Å². The Morgan fingerprint density at radius 2 is 1.79 bits per heavy atom. The number of ether oxygens (including phenoxy) is 1. The van der Waals surface area contributed by atoms with Crippen LogP contribution in [0.25, 0.3) is 0 Å². The molecule has 2 rings (SSSR count). The van der Waals surface area contributed by atoms with Crippen molar-refractivity contribution < 1.29 is 27.5 Å². The molecule has 0 aliphatic heterocycles. The summed E-state index contributed by atoms with van der Waals surface area (Å²) in [5.74, 6) is -1.53. The number of carbonyl (C=O) groups excluding carboxylic acids is 2. The molecule has 0 aliphatic carbocycles. The molecule has 0 aromatic heterocycles. The number of aryl methyl sites for hydroxylation is 2. The van der Waals surface area contributed by atoms with E-state index in [1.54, 1.807) is 6.07 Å². The molecule has 0 spiro atoms. The quantitative estimate of drug-likeness (QED) is 0.695. The molecule has 150 valence electrons. The molecular weight excluding hydrogens is 395 g/mol. The fourth-order valence-electron chi connectivity index (χ4n) is 2.47. The van der Waals surface area contributed by atoms with Gasteiger partial charge in [-0.3, -0.25) is 9.59 Å². The number of benzene rings is 2. The molecule has 2 aromatic carbocycles. The van der Waals surface area contributed by atoms with Crippen LogP contribution in [0, 0.1) is 13.8 Å². The number of carbonyl (C=O) groups is 2. The second-order valence-corrected chi connectivity index (χ2v) is 6.84. The van der Waals surface area contributed by atoms with E-state index in [1.165, 1.54) is 13.0 Å². The van der Waals surface area contributed by atoms with E-state index >= 15 is 0 Å². The van der Waals surface area contributed by atoms with Gasteiger partial charge in [0.15, 0.2) is 6.10 Å². The van der Waals surface area contributed by atoms with Gasteiger partial charge in [0.25, 0.3) is 5.91 Å². The van der Waals surface area contributed by atoms with Crippen molar-refractivity contribution in [2.75, 3.05) is 5.32 Å². The van der Waals surface area contributed by atoms with Crippen LogP contribution in [0.4, 0.5) is 18.9 Å². The molecule has 1 N–H and O–H groups in total. The third-order valence-electron chi connectivity index (χ3n) is 4.14. The molecule has 0 radical (unpaired) electrons. The molecule has 4 nitrogen and oxygen atoms in total. The van der Waals surface area contributed by atoms with E-state index in [1.807, 2.05) is 26.0 Å². The summed E-state index contributed by atoms with van der Waals surface area (Å²) >= 11 is 5.61. The lowest BCUT2D eigenvalue weighted by Crippen LogP contribution is -2.31. The van der Waals surface area contributed by atoms with Crippen molar-refractivity contribution in [3.05, 3.63) is 63.7 Å². The van der Waals surface area contributed by atoms with Gasteiger partial charge in [0.2, 0.25) is 0 Å². The molecule has 0 aliphatic rings. The summed E-state index contributed by atoms with van der Waals surface area (Å²) in [5, 5.41) is 2.02. The Bertz CT molecular complexity index is 897. The molecule has 0 saturated carbocycles. The third kappa shape index (κ3) is 5.73. The van der Waals surface area contributed by atoms with E-state index in [4.69, 9.17) is 16.3 Å². The highest BCUT2D eigenvalue weighted by atomic mass is 35.5. The van der Waals surface area contributed by atoms with Crippen LogP contribution in [-0.4, -0.2) is 18.0 Å². The maximum Gasteiger partial charge on any atom is 0.418 e. The predicted octanol–water partition coefficient (Wildman–Crippen LogP) is 5.09. The zero-order valence-electron chi connectivity index (χ0n) is 15.5. The Morgan fingerprint density at radius 3 is 2.39 bits per heavy atom. The highest BCUT2D eigenvalue weighted by Crippen LogP contribution is 2.36. The Labute approximate surface area is 165 Å². The first kappa shape index (κ1) is 21.8. The lowest BCUT2D eigenvalue weighted by molar-refractivity contribution is -0.152. The van der Waals surface area contributed by atoms with Crippen molar-refractivity contribution in [2.45, 2.75) is 39.5 Å². The van der Waals surface area contributed by atoms with E-state index in [9.17, 15) is 22.8 Å². The molecule has 1 atom stereocenters. The first-order chi connectivity index (χ1) is 13.0. The van der Waals surface area contributed by atoms with Gasteiger partial charge in [-0.1, -0.05) is 29.8 Å². The standard InChI is InChI=1S/C20H19ClF3NO3/c1-11-4-5-14(8-12(11)2)9-18(26)28-13(3)19(27)25-17-7-6-15(21)10-16(17)20(22,23)24/h4-8,10,13H,9H2,1-3H3,(H,25,27)/t13-/m1/s1. The summed E-state index contributed by atoms with van der Waals surface area (Å²) in [7, 11) is 0. The number of hydrogen-bond donors (Lipinski definition) is 1. The van der Waals surface area contributed by atoms with Gasteiger partial charge in [-0.05, 0) is 55.7 Å². The van der Waals surface area contributed by atoms with E-state index in [-0.39, 0.29) is 11.4 Å². The zero-order chi connectivity index (χ0) is 21.1. The topological polar surface area (TPSA) is 55.4 Å². The first-order valence-electron chi connectivity index (χ1n) is 8.40. The minimum atomic E-state index is -4.70. The number of hydrogen-bond acceptors (Lipinski definition) is 3. The van der Waals surface area contributed by atoms with Gasteiger partial charge >= 0.3 is 12.1 Å². The number of halogens is 4. The van der Waals surface area contributed by atoms with Crippen LogP contribution in [0.2, 0.25) is 5.02 Å². The highest BCUT2D eigenvalue weighted by Gasteiger charge is 2.34. The first-order valence-corrected chi connectivity index (χ1v) is 8.78. The summed E-state index contributed by atoms with van der Waals surface area (Å²) < 4.78 is 44.3. The van der Waals surface area contributed by atoms with Crippen molar-refractivity contribution >= 4 is 29.2 Å². The van der Waals surface area contributed by atoms with Gasteiger partial charge in [-0.25, -0.2) is 0 Å². The fraction of sp³-hybridized carbons (Fsp3) is 0.300. The molecule has 0 bridgehead atoms. The van der Waals surface area contributed by atoms with E-state index in [0.717, 1.165) is 22.8 Å². The van der Waals surface area contributed by atoms with Crippen LogP contribution in [0.1, 0.15) is 29.2 Å². The van der Waals surface area contributed by atoms with Crippen molar-refractivity contribution in [3.63, 3.8) is 0 Å². The molecular formula is C20H19ClF3NO3. The highest BCUT2D eigenvalue weighted by molar-refractivity contribution is 6.30. The van der Waals surface area contributed by atoms with E-state index in [2.05, 4.69) is 5.32 Å². The lowest BCUT2D eigenvalue weighted by Gasteiger charge is -2.17. The van der Waals surface area contributed by atoms with Gasteiger partial charge in [0.1, 0.15) is 0 Å². The lowest BCUT2D eigenvalue weighted by atomic mass is 10.0. The predicted molar refractivity (Wildman–Crippen MR) is 100 cm³/mol. The van der Waals surface area contributed by atoms with Gasteiger partial charge in [0.05, 0.1) is 17.7 Å². The average Bonchev–Trinajstić information content (AvgIpc) is 2.58. The van der Waals surface area contributed by atoms with Gasteiger partial charge in [-0.2, -0.15) is 13.2 Å². The summed E-state index contributed by atoms with van der Waals surface area (Å²) in [4.78, 5) is 24.2. The fourth-order valence-corrected chi connectivity index (χ4v) is 2.64. The number of rotatable bonds is 5. The second-order valence-electron chi connectivity index (χ2n) is 6.40. The molecule has 2 aromatic rings. The maximum atomic E-state index is 13.1. The van der Waals surface area contributed by atoms with Crippen LogP contribution in [0.3, 0.4) is 0 Å². The van der Waals surface area contributed by atoms with E-state index in [0.29, 0.717) is 6.07 Å². The summed E-state index contributed by atoms with van der Waals surface area (Å²) in [5.41, 5.74) is 1.27. The van der Waals surface area contributed by atoms with Crippen LogP contribution >= 0.6 is 11.6 Å². The average molecular weight is 414 g/mol. The van der Waals surface area contributed by atoms with Crippen molar-refractivity contribution in [1.29, 1.82) is 0 Å². The zero-order valence-corrected chi connectivity index (χ0v) is 16.2. The van der Waals surface area contributed by atoms with Crippen LogP contribution in [0.5, 0.6) is 0 Å². The molecule has 1 amide bonds. The number of esters is 1. The largest absolute Gasteiger partial charge is 0.452 e. The van der Waals surface area contributed by atoms with Crippen LogP contribution in [-0.2, 0) is 26.9 Å². The normalized spacial score (nSPS) is 12.4. The minimum absolute atomic E-state index is 0.0481. The molecule has 0 unspecified atom stereocenters. The van der Waals surface area contributed by atoms with E-state index < -0.39 is 35.4 Å². The van der Waals surface area contributed by atoms with Crippen LogP contribution < -0.4 is 5.32 Å². The van der Waals surface area contributed by atoms with Gasteiger partial charge in [-0.15, -0.1) is 0 Å². The van der Waals surface area contributed by atoms with Crippen molar-refractivity contribution in [3.8, 4) is 0 Å². The maximum absolute atomic E-state index is 13.1. The molecule has 28 heavy (non-hydrogen) atoms. The Kier molecular flexibility index (Phi) is 6.72. The van der Waals surface area contributed by atoms with Gasteiger partial charge < -0.3 is 10.1 Å². The summed E-state index contributed by atoms with van der Waals surface area (Å²) in [6.07, 6.45) is -6.01. The SMILES string of the molecule is Cc1ccc(CC(=O)O[C@H](C)C(=O)Nc2ccc(Cl)cc2C(F)(F)F)cc1C. The van der Waals surface area contributed by atoms with Crippen molar-refractivity contribution in [1.82, 2.24) is 0 Å². The second kappa shape index (κ2) is 8.65. The summed E-state index contributed by atoms with van der Waals surface area (Å²) in [6.45, 7) is 5.14. The molecule has 0 saturated heterocycles. The molecule has 8 heteroatoms. The molecule has 0 fully saturated rings. The number of anilines is 1. The number of alkyl halides is 3. The Hall–Kier alpha value is -2.54. The summed E-state index contributed by atoms with van der Waals surface area (Å²) in [6, 6.07) is 8.47. The third-order valence-corrected chi connectivity index (χ3v) is 4.38. The Balaban J connectivity index is 2.03. The number of amides is 1. The smallest absolute Gasteiger partial charge is 0.418 e. The molecule has 0 heterocycles. The number of nitrogens with one attached hydrogen (secondary N) is 1. The Morgan fingerprint density at radius 1 is 1.11 bits per heavy atom. The van der Waals surface area contributed by atoms with Gasteiger partial charge in [0, 0.05) is 5.02 Å². The van der Waals surface area contributed by atoms with Crippen LogP contribution in [0.15, 0.2) is 36.4 Å². The minimum Gasteiger partial charge on any atom is -0.452 e. The monoisotopic (exact) mass is 413 g/mol.